The molecule has 0 radical (unpaired) electrons. The number of hydrogen-bond acceptors (Lipinski definition) is 11. The van der Waals surface area contributed by atoms with E-state index in [0.717, 1.165) is 0 Å². The zero-order valence-corrected chi connectivity index (χ0v) is 22.5. The summed E-state index contributed by atoms with van der Waals surface area (Å²) in [4.78, 5) is 48.3. The largest absolute Gasteiger partial charge is 0.465 e. The molecule has 2 aromatic heterocycles. The van der Waals surface area contributed by atoms with E-state index in [1.165, 1.54) is 13.3 Å². The van der Waals surface area contributed by atoms with Crippen LogP contribution in [0.25, 0.3) is 11.2 Å². The van der Waals surface area contributed by atoms with Crippen LogP contribution in [0.2, 0.25) is 0 Å². The van der Waals surface area contributed by atoms with Crippen LogP contribution in [0.5, 0.6) is 5.75 Å². The van der Waals surface area contributed by atoms with Crippen molar-refractivity contribution in [1.29, 1.82) is 0 Å². The number of benzene rings is 1. The van der Waals surface area contributed by atoms with Crippen molar-refractivity contribution in [3.8, 4) is 5.75 Å². The van der Waals surface area contributed by atoms with E-state index in [2.05, 4.69) is 26.6 Å². The summed E-state index contributed by atoms with van der Waals surface area (Å²) in [6, 6.07) is 6.82. The second-order valence-electron chi connectivity index (χ2n) is 9.56. The number of esters is 2. The number of aromatic amines is 1. The molecule has 14 nitrogen and oxygen atoms in total. The normalized spacial score (nSPS) is 28.4. The highest BCUT2D eigenvalue weighted by Gasteiger charge is 2.44. The lowest BCUT2D eigenvalue weighted by Crippen LogP contribution is -2.36. The summed E-state index contributed by atoms with van der Waals surface area (Å²) in [5.74, 6) is -1.62. The van der Waals surface area contributed by atoms with Crippen molar-refractivity contribution < 1.29 is 32.7 Å². The van der Waals surface area contributed by atoms with Crippen molar-refractivity contribution in [3.63, 3.8) is 0 Å². The van der Waals surface area contributed by atoms with Crippen molar-refractivity contribution in [3.05, 3.63) is 59.2 Å². The molecule has 212 valence electrons. The average molecular weight is 573 g/mol. The summed E-state index contributed by atoms with van der Waals surface area (Å²) in [5, 5.41) is 2.65. The van der Waals surface area contributed by atoms with Crippen LogP contribution in [0.15, 0.2) is 53.6 Å². The van der Waals surface area contributed by atoms with Gasteiger partial charge in [-0.05, 0) is 31.1 Å². The summed E-state index contributed by atoms with van der Waals surface area (Å²) >= 11 is 0. The molecule has 0 amide bonds. The topological polar surface area (TPSA) is 190 Å². The highest BCUT2D eigenvalue weighted by atomic mass is 31.2. The lowest BCUT2D eigenvalue weighted by atomic mass is 10.0. The predicted molar refractivity (Wildman–Crippen MR) is 142 cm³/mol. The number of anilines is 1. The molecule has 1 saturated heterocycles. The first-order chi connectivity index (χ1) is 19.1. The monoisotopic (exact) mass is 572 g/mol. The van der Waals surface area contributed by atoms with Gasteiger partial charge >= 0.3 is 19.7 Å². The lowest BCUT2D eigenvalue weighted by Gasteiger charge is -2.26. The Morgan fingerprint density at radius 3 is 2.77 bits per heavy atom. The van der Waals surface area contributed by atoms with Crippen molar-refractivity contribution in [2.24, 2.45) is 5.92 Å². The number of carbonyl (C=O) groups excluding carboxylic acids is 2. The van der Waals surface area contributed by atoms with Gasteiger partial charge in [0.25, 0.3) is 5.56 Å². The van der Waals surface area contributed by atoms with Crippen LogP contribution < -0.4 is 20.9 Å². The zero-order chi connectivity index (χ0) is 28.4. The average Bonchev–Trinajstić information content (AvgIpc) is 3.45. The highest BCUT2D eigenvalue weighted by molar-refractivity contribution is 7.52. The predicted octanol–water partition coefficient (Wildman–Crippen LogP) is 2.25. The number of cyclic esters (lactones) is 1. The van der Waals surface area contributed by atoms with Crippen LogP contribution in [0.4, 0.5) is 5.95 Å². The Labute approximate surface area is 228 Å². The van der Waals surface area contributed by atoms with E-state index in [-0.39, 0.29) is 55.3 Å². The van der Waals surface area contributed by atoms with Crippen molar-refractivity contribution in [2.75, 3.05) is 18.9 Å². The number of hydrogen-bond donors (Lipinski definition) is 3. The molecule has 2 aliphatic rings. The highest BCUT2D eigenvalue weighted by Crippen LogP contribution is 2.48. The first kappa shape index (κ1) is 27.6. The van der Waals surface area contributed by atoms with E-state index in [9.17, 15) is 18.9 Å². The van der Waals surface area contributed by atoms with Gasteiger partial charge in [-0.3, -0.25) is 23.9 Å². The maximum absolute atomic E-state index is 13.9. The lowest BCUT2D eigenvalue weighted by molar-refractivity contribution is -0.153. The maximum atomic E-state index is 13.9. The van der Waals surface area contributed by atoms with Gasteiger partial charge in [0.1, 0.15) is 17.9 Å². The molecule has 1 aliphatic heterocycles. The third-order valence-electron chi connectivity index (χ3n) is 6.75. The second-order valence-corrected chi connectivity index (χ2v) is 11.2. The molecule has 3 heterocycles. The summed E-state index contributed by atoms with van der Waals surface area (Å²) in [6.45, 7) is 5.44. The number of aromatic nitrogens is 4. The van der Waals surface area contributed by atoms with Gasteiger partial charge in [0.05, 0.1) is 25.6 Å². The molecule has 4 N–H and O–H groups in total. The van der Waals surface area contributed by atoms with Crippen LogP contribution in [0.3, 0.4) is 0 Å². The fraction of sp³-hybridized carbons (Fsp3) is 0.400. The Morgan fingerprint density at radius 1 is 1.23 bits per heavy atom. The third kappa shape index (κ3) is 5.79. The third-order valence-corrected chi connectivity index (χ3v) is 8.39. The number of ether oxygens (including phenoxy) is 2. The summed E-state index contributed by atoms with van der Waals surface area (Å²) in [5.41, 5.74) is 6.18. The number of H-pyrrole nitrogens is 1. The van der Waals surface area contributed by atoms with E-state index < -0.39 is 49.3 Å². The fourth-order valence-corrected chi connectivity index (χ4v) is 6.27. The van der Waals surface area contributed by atoms with E-state index in [0.29, 0.717) is 5.57 Å². The van der Waals surface area contributed by atoms with Crippen LogP contribution in [-0.4, -0.2) is 56.8 Å². The van der Waals surface area contributed by atoms with Gasteiger partial charge in [0.15, 0.2) is 11.2 Å². The number of nitrogen functional groups attached to an aromatic ring is 1. The molecule has 5 atom stereocenters. The molecule has 1 aromatic carbocycles. The number of nitrogens with one attached hydrogen (secondary N) is 2. The van der Waals surface area contributed by atoms with Gasteiger partial charge in [-0.25, -0.2) is 9.55 Å². The zero-order valence-electron chi connectivity index (χ0n) is 21.6. The Hall–Kier alpha value is -4.00. The van der Waals surface area contributed by atoms with E-state index >= 15 is 0 Å². The first-order valence-corrected chi connectivity index (χ1v) is 14.2. The molecule has 5 rings (SSSR count). The Balaban J connectivity index is 1.47. The maximum Gasteiger partial charge on any atom is 0.459 e. The molecule has 0 bridgehead atoms. The van der Waals surface area contributed by atoms with Gasteiger partial charge in [0, 0.05) is 18.8 Å². The van der Waals surface area contributed by atoms with Crippen LogP contribution in [-0.2, 0) is 28.2 Å². The van der Waals surface area contributed by atoms with E-state index in [4.69, 9.17) is 24.3 Å². The summed E-state index contributed by atoms with van der Waals surface area (Å²) < 4.78 is 38.1. The van der Waals surface area contributed by atoms with Crippen LogP contribution in [0.1, 0.15) is 32.2 Å². The number of nitrogens with two attached hydrogens (primary N) is 1. The number of para-hydroxylation sites is 1. The van der Waals surface area contributed by atoms with Crippen LogP contribution in [0, 0.1) is 5.92 Å². The van der Waals surface area contributed by atoms with Crippen molar-refractivity contribution >= 4 is 36.8 Å². The smallest absolute Gasteiger partial charge is 0.459 e. The standard InChI is InChI=1S/C25H29N6O8P/c1-14-17-12-37-40(35,39-16-7-4-3-5-8-16)30-15(2)24(34)36-10-6-9-20(32)38-19(17)11-18(14)31-13-27-21-22(31)28-25(26)29-23(21)33/h3-5,7-8,13,15,17-19H,1,6,9-12H2,2H3,(H,30,35)(H3,26,28,29,33)/t15-,17-,18-,19-,40-/m0/s1. The molecule has 0 unspecified atom stereocenters. The molecule has 40 heavy (non-hydrogen) atoms. The number of carbonyl (C=O) groups is 2. The van der Waals surface area contributed by atoms with E-state index in [1.807, 2.05) is 0 Å². The van der Waals surface area contributed by atoms with Gasteiger partial charge in [0.2, 0.25) is 5.95 Å². The molecule has 1 aliphatic carbocycles. The molecule has 15 heteroatoms. The van der Waals surface area contributed by atoms with Gasteiger partial charge in [-0.2, -0.15) is 10.1 Å². The molecular formula is C25H29N6O8P. The number of fused-ring (bicyclic) bond motifs is 2. The second kappa shape index (κ2) is 11.2. The van der Waals surface area contributed by atoms with Gasteiger partial charge < -0.3 is 24.3 Å². The SMILES string of the molecule is C=C1[C@@H]2CO[P@](=O)(Oc3ccccc3)N[C@@H](C)C(=O)OCCCC(=O)O[C@H]2C[C@@H]1n1cnc2c(=O)[nH]c(N)nc21. The summed E-state index contributed by atoms with van der Waals surface area (Å²) in [6.07, 6.45) is 1.26. The summed E-state index contributed by atoms with van der Waals surface area (Å²) in [7, 11) is -4.15. The molecule has 0 spiro atoms. The minimum atomic E-state index is -4.15. The number of rotatable bonds is 3. The Kier molecular flexibility index (Phi) is 7.74. The van der Waals surface area contributed by atoms with Crippen LogP contribution >= 0.6 is 7.75 Å². The van der Waals surface area contributed by atoms with Gasteiger partial charge in [-0.1, -0.05) is 24.8 Å². The number of imidazole rings is 1. The van der Waals surface area contributed by atoms with Crippen molar-refractivity contribution in [1.82, 2.24) is 24.6 Å². The van der Waals surface area contributed by atoms with Gasteiger partial charge in [-0.15, -0.1) is 0 Å². The molecular weight excluding hydrogens is 543 g/mol. The Bertz CT molecular complexity index is 1540. The molecule has 1 saturated carbocycles. The van der Waals surface area contributed by atoms with Crippen molar-refractivity contribution in [2.45, 2.75) is 44.4 Å². The molecule has 2 fully saturated rings. The Morgan fingerprint density at radius 2 is 2.00 bits per heavy atom. The minimum absolute atomic E-state index is 0.0212. The fourth-order valence-electron chi connectivity index (χ4n) is 4.75. The first-order valence-electron chi connectivity index (χ1n) is 12.7. The van der Waals surface area contributed by atoms with E-state index in [1.54, 1.807) is 34.9 Å². The minimum Gasteiger partial charge on any atom is -0.465 e. The quantitative estimate of drug-likeness (QED) is 0.236. The molecule has 3 aromatic rings. The number of nitrogens with zero attached hydrogens (tertiary/aromatic N) is 3.